The van der Waals surface area contributed by atoms with Gasteiger partial charge in [0, 0.05) is 19.2 Å². The summed E-state index contributed by atoms with van der Waals surface area (Å²) in [6.45, 7) is 5.20. The maximum Gasteiger partial charge on any atom is 0.262 e. The van der Waals surface area contributed by atoms with E-state index in [1.54, 1.807) is 30.1 Å². The molecule has 1 heterocycles. The summed E-state index contributed by atoms with van der Waals surface area (Å²) in [5.41, 5.74) is 2.03. The molecule has 1 N–H and O–H groups in total. The number of H-pyrrole nitrogens is 1. The first-order chi connectivity index (χ1) is 13.4. The molecule has 1 aromatic heterocycles. The largest absolute Gasteiger partial charge is 0.492 e. The van der Waals surface area contributed by atoms with Crippen molar-refractivity contribution in [1.82, 2.24) is 14.5 Å². The van der Waals surface area contributed by atoms with Gasteiger partial charge in [-0.1, -0.05) is 12.1 Å². The van der Waals surface area contributed by atoms with Crippen LogP contribution in [0.5, 0.6) is 5.75 Å². The van der Waals surface area contributed by atoms with E-state index in [-0.39, 0.29) is 11.5 Å². The summed E-state index contributed by atoms with van der Waals surface area (Å²) in [4.78, 5) is 29.8. The van der Waals surface area contributed by atoms with E-state index in [1.165, 1.54) is 4.57 Å². The number of nitrogens with zero attached hydrogens (tertiary/aromatic N) is 2. The Labute approximate surface area is 168 Å². The topological polar surface area (TPSA) is 67.3 Å². The predicted octanol–water partition coefficient (Wildman–Crippen LogP) is 3.54. The first-order valence-corrected chi connectivity index (χ1v) is 9.53. The average Bonchev–Trinajstić information content (AvgIpc) is 2.67. The molecule has 6 nitrogen and oxygen atoms in total. The number of amides is 1. The Morgan fingerprint density at radius 2 is 2.04 bits per heavy atom. The molecule has 0 spiro atoms. The molecule has 0 saturated carbocycles. The second-order valence-corrected chi connectivity index (χ2v) is 7.02. The van der Waals surface area contributed by atoms with E-state index in [2.05, 4.69) is 4.98 Å². The SMILES string of the molecule is CCn1c(=S)[nH]c2cc(C(=O)N(C)CCOc3cccc(C)c3)ccc2c1=O. The fourth-order valence-electron chi connectivity index (χ4n) is 3.00. The van der Waals surface area contributed by atoms with Crippen LogP contribution in [0.2, 0.25) is 0 Å². The maximum atomic E-state index is 12.7. The van der Waals surface area contributed by atoms with Crippen molar-refractivity contribution in [2.45, 2.75) is 20.4 Å². The van der Waals surface area contributed by atoms with E-state index in [0.29, 0.717) is 40.9 Å². The Morgan fingerprint density at radius 1 is 1.25 bits per heavy atom. The van der Waals surface area contributed by atoms with Crippen molar-refractivity contribution in [3.05, 3.63) is 68.7 Å². The number of fused-ring (bicyclic) bond motifs is 1. The number of hydrogen-bond donors (Lipinski definition) is 1. The van der Waals surface area contributed by atoms with Crippen LogP contribution in [-0.2, 0) is 6.54 Å². The monoisotopic (exact) mass is 397 g/mol. The van der Waals surface area contributed by atoms with Gasteiger partial charge in [0.2, 0.25) is 0 Å². The lowest BCUT2D eigenvalue weighted by atomic mass is 10.1. The third kappa shape index (κ3) is 4.14. The summed E-state index contributed by atoms with van der Waals surface area (Å²) in [5, 5.41) is 0.512. The Balaban J connectivity index is 1.73. The second-order valence-electron chi connectivity index (χ2n) is 6.63. The van der Waals surface area contributed by atoms with E-state index < -0.39 is 0 Å². The molecule has 2 aromatic carbocycles. The van der Waals surface area contributed by atoms with Gasteiger partial charge < -0.3 is 14.6 Å². The molecule has 3 rings (SSSR count). The number of hydrogen-bond acceptors (Lipinski definition) is 4. The molecular formula is C21H23N3O3S. The molecule has 146 valence electrons. The molecule has 0 aliphatic heterocycles. The van der Waals surface area contributed by atoms with Gasteiger partial charge in [-0.3, -0.25) is 14.2 Å². The van der Waals surface area contributed by atoms with Gasteiger partial charge in [0.05, 0.1) is 17.4 Å². The minimum Gasteiger partial charge on any atom is -0.492 e. The van der Waals surface area contributed by atoms with Gasteiger partial charge in [-0.05, 0) is 62.0 Å². The van der Waals surface area contributed by atoms with Crippen LogP contribution in [0, 0.1) is 11.7 Å². The predicted molar refractivity (Wildman–Crippen MR) is 113 cm³/mol. The van der Waals surface area contributed by atoms with Crippen molar-refractivity contribution in [2.24, 2.45) is 0 Å². The van der Waals surface area contributed by atoms with Gasteiger partial charge in [-0.25, -0.2) is 0 Å². The van der Waals surface area contributed by atoms with E-state index in [1.807, 2.05) is 38.1 Å². The van der Waals surface area contributed by atoms with E-state index in [0.717, 1.165) is 11.3 Å². The summed E-state index contributed by atoms with van der Waals surface area (Å²) in [6, 6.07) is 12.8. The second kappa shape index (κ2) is 8.39. The van der Waals surface area contributed by atoms with Crippen LogP contribution < -0.4 is 10.3 Å². The molecule has 0 unspecified atom stereocenters. The molecule has 0 radical (unpaired) electrons. The molecule has 0 aliphatic rings. The minimum absolute atomic E-state index is 0.145. The van der Waals surface area contributed by atoms with Gasteiger partial charge in [0.15, 0.2) is 4.77 Å². The maximum absolute atomic E-state index is 12.7. The molecule has 28 heavy (non-hydrogen) atoms. The number of ether oxygens (including phenoxy) is 1. The molecule has 3 aromatic rings. The lowest BCUT2D eigenvalue weighted by Crippen LogP contribution is -2.31. The molecule has 7 heteroatoms. The van der Waals surface area contributed by atoms with Gasteiger partial charge in [0.25, 0.3) is 11.5 Å². The first kappa shape index (κ1) is 19.8. The van der Waals surface area contributed by atoms with Crippen molar-refractivity contribution < 1.29 is 9.53 Å². The quantitative estimate of drug-likeness (QED) is 0.646. The molecular weight excluding hydrogens is 374 g/mol. The zero-order chi connectivity index (χ0) is 20.3. The third-order valence-corrected chi connectivity index (χ3v) is 4.90. The van der Waals surface area contributed by atoms with Crippen LogP contribution in [0.4, 0.5) is 0 Å². The fourth-order valence-corrected chi connectivity index (χ4v) is 3.32. The normalized spacial score (nSPS) is 10.8. The molecule has 1 amide bonds. The number of aromatic nitrogens is 2. The van der Waals surface area contributed by atoms with Crippen LogP contribution in [0.15, 0.2) is 47.3 Å². The van der Waals surface area contributed by atoms with Gasteiger partial charge in [-0.2, -0.15) is 0 Å². The number of benzene rings is 2. The fraction of sp³-hybridized carbons (Fsp3) is 0.286. The van der Waals surface area contributed by atoms with E-state index >= 15 is 0 Å². The van der Waals surface area contributed by atoms with Gasteiger partial charge >= 0.3 is 0 Å². The number of aromatic amines is 1. The number of carbonyl (C=O) groups excluding carboxylic acids is 1. The Kier molecular flexibility index (Phi) is 5.94. The van der Waals surface area contributed by atoms with Crippen molar-refractivity contribution in [2.75, 3.05) is 20.2 Å². The van der Waals surface area contributed by atoms with Crippen molar-refractivity contribution >= 4 is 29.0 Å². The highest BCUT2D eigenvalue weighted by atomic mass is 32.1. The Bertz CT molecular complexity index is 1130. The van der Waals surface area contributed by atoms with E-state index in [9.17, 15) is 9.59 Å². The number of rotatable bonds is 6. The number of likely N-dealkylation sites (N-methyl/N-ethyl adjacent to an activating group) is 1. The molecule has 0 aliphatic carbocycles. The number of nitrogens with one attached hydrogen (secondary N) is 1. The summed E-state index contributed by atoms with van der Waals surface area (Å²) < 4.78 is 7.56. The number of aryl methyl sites for hydroxylation is 1. The van der Waals surface area contributed by atoms with Crippen molar-refractivity contribution in [3.63, 3.8) is 0 Å². The van der Waals surface area contributed by atoms with Gasteiger partial charge in [-0.15, -0.1) is 0 Å². The summed E-state index contributed by atoms with van der Waals surface area (Å²) in [6.07, 6.45) is 0. The molecule has 0 bridgehead atoms. The lowest BCUT2D eigenvalue weighted by molar-refractivity contribution is 0.0774. The van der Waals surface area contributed by atoms with Crippen LogP contribution in [-0.4, -0.2) is 40.6 Å². The number of carbonyl (C=O) groups is 1. The Hall–Kier alpha value is -2.93. The summed E-state index contributed by atoms with van der Waals surface area (Å²) in [5.74, 6) is 0.639. The first-order valence-electron chi connectivity index (χ1n) is 9.12. The highest BCUT2D eigenvalue weighted by Gasteiger charge is 2.14. The van der Waals surface area contributed by atoms with Crippen molar-refractivity contribution in [3.8, 4) is 5.75 Å². The standard InChI is InChI=1S/C21H23N3O3S/c1-4-24-20(26)17-9-8-15(13-18(17)22-21(24)28)19(25)23(3)10-11-27-16-7-5-6-14(2)12-16/h5-9,12-13H,4,10-11H2,1-3H3,(H,22,28). The summed E-state index contributed by atoms with van der Waals surface area (Å²) >= 11 is 5.24. The van der Waals surface area contributed by atoms with Crippen LogP contribution in [0.3, 0.4) is 0 Å². The van der Waals surface area contributed by atoms with E-state index in [4.69, 9.17) is 17.0 Å². The van der Waals surface area contributed by atoms with Crippen LogP contribution in [0.1, 0.15) is 22.8 Å². The highest BCUT2D eigenvalue weighted by molar-refractivity contribution is 7.71. The zero-order valence-electron chi connectivity index (χ0n) is 16.2. The Morgan fingerprint density at radius 3 is 2.75 bits per heavy atom. The molecule has 0 saturated heterocycles. The van der Waals surface area contributed by atoms with Crippen LogP contribution >= 0.6 is 12.2 Å². The highest BCUT2D eigenvalue weighted by Crippen LogP contribution is 2.14. The minimum atomic E-state index is -0.153. The summed E-state index contributed by atoms with van der Waals surface area (Å²) in [7, 11) is 1.73. The average molecular weight is 398 g/mol. The molecule has 0 fully saturated rings. The van der Waals surface area contributed by atoms with Crippen LogP contribution in [0.25, 0.3) is 10.9 Å². The lowest BCUT2D eigenvalue weighted by Gasteiger charge is -2.18. The zero-order valence-corrected chi connectivity index (χ0v) is 17.0. The third-order valence-electron chi connectivity index (χ3n) is 4.58. The molecule has 0 atom stereocenters. The smallest absolute Gasteiger partial charge is 0.262 e. The van der Waals surface area contributed by atoms with Gasteiger partial charge in [0.1, 0.15) is 12.4 Å². The van der Waals surface area contributed by atoms with Crippen molar-refractivity contribution in [1.29, 1.82) is 0 Å².